The van der Waals surface area contributed by atoms with E-state index in [0.29, 0.717) is 5.41 Å². The van der Waals surface area contributed by atoms with Crippen LogP contribution < -0.4 is 11.1 Å². The normalized spacial score (nSPS) is 18.3. The Hall–Kier alpha value is -1.18. The zero-order valence-electron chi connectivity index (χ0n) is 9.64. The van der Waals surface area contributed by atoms with Crippen LogP contribution in [-0.2, 0) is 0 Å². The van der Waals surface area contributed by atoms with E-state index in [1.807, 2.05) is 12.1 Å². The number of hydrogen-bond donors (Lipinski definition) is 2. The number of anilines is 2. The first-order valence-corrected chi connectivity index (χ1v) is 5.70. The Bertz CT molecular complexity index is 354. The van der Waals surface area contributed by atoms with Gasteiger partial charge in [0.25, 0.3) is 0 Å². The lowest BCUT2D eigenvalue weighted by Crippen LogP contribution is -2.33. The van der Waals surface area contributed by atoms with Gasteiger partial charge < -0.3 is 11.1 Å². The molecule has 1 aromatic rings. The molecule has 3 N–H and O–H groups in total. The molecule has 1 aromatic carbocycles. The molecule has 0 aromatic heterocycles. The molecule has 0 bridgehead atoms. The fourth-order valence-electron chi connectivity index (χ4n) is 2.11. The third-order valence-corrected chi connectivity index (χ3v) is 3.64. The van der Waals surface area contributed by atoms with Gasteiger partial charge in [-0.05, 0) is 42.9 Å². The maximum atomic E-state index is 5.87. The summed E-state index contributed by atoms with van der Waals surface area (Å²) < 4.78 is 0. The number of nitrogens with two attached hydrogens (primary N) is 1. The van der Waals surface area contributed by atoms with Gasteiger partial charge in [0.1, 0.15) is 0 Å². The van der Waals surface area contributed by atoms with Crippen molar-refractivity contribution in [1.82, 2.24) is 0 Å². The minimum atomic E-state index is 0.511. The molecule has 15 heavy (non-hydrogen) atoms. The van der Waals surface area contributed by atoms with Gasteiger partial charge in [-0.25, -0.2) is 0 Å². The lowest BCUT2D eigenvalue weighted by molar-refractivity contribution is 0.180. The first-order chi connectivity index (χ1) is 7.11. The van der Waals surface area contributed by atoms with Crippen molar-refractivity contribution in [3.05, 3.63) is 23.8 Å². The van der Waals surface area contributed by atoms with Crippen molar-refractivity contribution in [2.24, 2.45) is 5.41 Å². The van der Waals surface area contributed by atoms with Crippen LogP contribution in [0.15, 0.2) is 18.2 Å². The van der Waals surface area contributed by atoms with Crippen LogP contribution in [0.4, 0.5) is 11.4 Å². The molecule has 0 saturated heterocycles. The summed E-state index contributed by atoms with van der Waals surface area (Å²) in [5, 5.41) is 3.52. The van der Waals surface area contributed by atoms with Gasteiger partial charge in [0, 0.05) is 17.9 Å². The molecule has 0 atom stereocenters. The van der Waals surface area contributed by atoms with Gasteiger partial charge in [-0.3, -0.25) is 0 Å². The summed E-state index contributed by atoms with van der Waals surface area (Å²) in [6, 6.07) is 6.06. The van der Waals surface area contributed by atoms with E-state index in [1.54, 1.807) is 0 Å². The van der Waals surface area contributed by atoms with Crippen molar-refractivity contribution >= 4 is 11.4 Å². The summed E-state index contributed by atoms with van der Waals surface area (Å²) in [6.07, 6.45) is 4.08. The highest BCUT2D eigenvalue weighted by molar-refractivity contribution is 5.62. The maximum absolute atomic E-state index is 5.87. The van der Waals surface area contributed by atoms with E-state index in [0.717, 1.165) is 12.2 Å². The molecular weight excluding hydrogens is 184 g/mol. The smallest absolute Gasteiger partial charge is 0.0390 e. The zero-order chi connectivity index (χ0) is 10.9. The molecule has 0 spiro atoms. The van der Waals surface area contributed by atoms with E-state index in [-0.39, 0.29) is 0 Å². The Morgan fingerprint density at radius 2 is 2.13 bits per heavy atom. The van der Waals surface area contributed by atoms with Crippen LogP contribution in [0.3, 0.4) is 0 Å². The van der Waals surface area contributed by atoms with Crippen LogP contribution in [0.1, 0.15) is 31.7 Å². The first-order valence-electron chi connectivity index (χ1n) is 5.70. The summed E-state index contributed by atoms with van der Waals surface area (Å²) in [6.45, 7) is 5.49. The largest absolute Gasteiger partial charge is 0.398 e. The van der Waals surface area contributed by atoms with Crippen molar-refractivity contribution in [1.29, 1.82) is 0 Å². The Labute approximate surface area is 91.9 Å². The number of nitrogen functional groups attached to an aromatic ring is 1. The van der Waals surface area contributed by atoms with Gasteiger partial charge in [-0.2, -0.15) is 0 Å². The number of hydrogen-bond acceptors (Lipinski definition) is 2. The molecule has 2 nitrogen and oxygen atoms in total. The fraction of sp³-hybridized carbons (Fsp3) is 0.538. The minimum Gasteiger partial charge on any atom is -0.398 e. The standard InChI is InChI=1S/C13H20N2/c1-10-11(14)5-3-6-12(10)15-9-13(2)7-4-8-13/h3,5-6,15H,4,7-9,14H2,1-2H3. The van der Waals surface area contributed by atoms with E-state index in [4.69, 9.17) is 5.73 Å². The Balaban J connectivity index is 2.01. The summed E-state index contributed by atoms with van der Waals surface area (Å²) in [7, 11) is 0. The van der Waals surface area contributed by atoms with Crippen LogP contribution in [-0.4, -0.2) is 6.54 Å². The second-order valence-electron chi connectivity index (χ2n) is 5.04. The van der Waals surface area contributed by atoms with E-state index < -0.39 is 0 Å². The predicted octanol–water partition coefficient (Wildman–Crippen LogP) is 3.18. The van der Waals surface area contributed by atoms with Crippen molar-refractivity contribution in [2.75, 3.05) is 17.6 Å². The van der Waals surface area contributed by atoms with Gasteiger partial charge in [-0.1, -0.05) is 19.4 Å². The molecular formula is C13H20N2. The molecule has 0 amide bonds. The highest BCUT2D eigenvalue weighted by atomic mass is 14.9. The minimum absolute atomic E-state index is 0.511. The van der Waals surface area contributed by atoms with Crippen LogP contribution in [0.25, 0.3) is 0 Å². The molecule has 2 rings (SSSR count). The molecule has 1 saturated carbocycles. The highest BCUT2D eigenvalue weighted by Crippen LogP contribution is 2.40. The van der Waals surface area contributed by atoms with E-state index in [1.165, 1.54) is 30.5 Å². The average Bonchev–Trinajstić information content (AvgIpc) is 2.17. The van der Waals surface area contributed by atoms with Gasteiger partial charge in [0.2, 0.25) is 0 Å². The lowest BCUT2D eigenvalue weighted by atomic mass is 9.70. The van der Waals surface area contributed by atoms with E-state index >= 15 is 0 Å². The summed E-state index contributed by atoms with van der Waals surface area (Å²) in [5.74, 6) is 0. The van der Waals surface area contributed by atoms with Crippen molar-refractivity contribution < 1.29 is 0 Å². The van der Waals surface area contributed by atoms with Crippen LogP contribution >= 0.6 is 0 Å². The third-order valence-electron chi connectivity index (χ3n) is 3.64. The van der Waals surface area contributed by atoms with Gasteiger partial charge >= 0.3 is 0 Å². The van der Waals surface area contributed by atoms with Crippen LogP contribution in [0.5, 0.6) is 0 Å². The van der Waals surface area contributed by atoms with Crippen LogP contribution in [0.2, 0.25) is 0 Å². The quantitative estimate of drug-likeness (QED) is 0.742. The molecule has 0 radical (unpaired) electrons. The SMILES string of the molecule is Cc1c(N)cccc1NCC1(C)CCC1. The molecule has 0 aliphatic heterocycles. The molecule has 82 valence electrons. The Morgan fingerprint density at radius 1 is 1.40 bits per heavy atom. The predicted molar refractivity (Wildman–Crippen MR) is 66.0 cm³/mol. The average molecular weight is 204 g/mol. The summed E-state index contributed by atoms with van der Waals surface area (Å²) >= 11 is 0. The lowest BCUT2D eigenvalue weighted by Gasteiger charge is -2.38. The molecule has 2 heteroatoms. The second kappa shape index (κ2) is 3.76. The molecule has 0 unspecified atom stereocenters. The van der Waals surface area contributed by atoms with E-state index in [2.05, 4.69) is 25.2 Å². The maximum Gasteiger partial charge on any atom is 0.0390 e. The molecule has 1 aliphatic carbocycles. The molecule has 1 aliphatic rings. The monoisotopic (exact) mass is 204 g/mol. The second-order valence-corrected chi connectivity index (χ2v) is 5.04. The zero-order valence-corrected chi connectivity index (χ0v) is 9.64. The Kier molecular flexibility index (Phi) is 2.59. The summed E-state index contributed by atoms with van der Waals surface area (Å²) in [4.78, 5) is 0. The number of rotatable bonds is 3. The van der Waals surface area contributed by atoms with Crippen LogP contribution in [0, 0.1) is 12.3 Å². The van der Waals surface area contributed by atoms with Gasteiger partial charge in [0.15, 0.2) is 0 Å². The third kappa shape index (κ3) is 2.09. The van der Waals surface area contributed by atoms with Gasteiger partial charge in [-0.15, -0.1) is 0 Å². The fourth-order valence-corrected chi connectivity index (χ4v) is 2.11. The van der Waals surface area contributed by atoms with Crippen molar-refractivity contribution in [2.45, 2.75) is 33.1 Å². The number of nitrogens with one attached hydrogen (secondary N) is 1. The summed E-state index contributed by atoms with van der Waals surface area (Å²) in [5.41, 5.74) is 9.60. The van der Waals surface area contributed by atoms with Gasteiger partial charge in [0.05, 0.1) is 0 Å². The van der Waals surface area contributed by atoms with Crippen molar-refractivity contribution in [3.63, 3.8) is 0 Å². The highest BCUT2D eigenvalue weighted by Gasteiger charge is 2.31. The Morgan fingerprint density at radius 3 is 2.73 bits per heavy atom. The first kappa shape index (κ1) is 10.3. The topological polar surface area (TPSA) is 38.0 Å². The molecule has 1 fully saturated rings. The molecule has 0 heterocycles. The van der Waals surface area contributed by atoms with Crippen molar-refractivity contribution in [3.8, 4) is 0 Å². The van der Waals surface area contributed by atoms with E-state index in [9.17, 15) is 0 Å². The number of benzene rings is 1.